The number of nitrogens with zero attached hydrogens (tertiary/aromatic N) is 2. The lowest BCUT2D eigenvalue weighted by Gasteiger charge is -2.03. The molecule has 86 valence electrons. The third-order valence-electron chi connectivity index (χ3n) is 2.82. The number of nitrogens with two attached hydrogens (primary N) is 1. The summed E-state index contributed by atoms with van der Waals surface area (Å²) in [4.78, 5) is 4.65. The van der Waals surface area contributed by atoms with Crippen molar-refractivity contribution in [2.24, 2.45) is 12.8 Å². The van der Waals surface area contributed by atoms with Crippen LogP contribution in [0.5, 0.6) is 0 Å². The van der Waals surface area contributed by atoms with Gasteiger partial charge in [0.25, 0.3) is 0 Å². The molecule has 0 unspecified atom stereocenters. The summed E-state index contributed by atoms with van der Waals surface area (Å²) in [6.07, 6.45) is 1.93. The van der Waals surface area contributed by atoms with E-state index in [-0.39, 0.29) is 0 Å². The van der Waals surface area contributed by atoms with Crippen LogP contribution >= 0.6 is 15.9 Å². The van der Waals surface area contributed by atoms with Gasteiger partial charge in [-0.05, 0) is 37.6 Å². The summed E-state index contributed by atoms with van der Waals surface area (Å²) in [5.41, 5.74) is 9.05. The molecule has 1 aromatic heterocycles. The fraction of sp³-hybridized carbons (Fsp3) is 0.417. The van der Waals surface area contributed by atoms with E-state index in [9.17, 15) is 0 Å². The molecule has 1 aromatic carbocycles. The van der Waals surface area contributed by atoms with Crippen LogP contribution in [0.4, 0.5) is 0 Å². The second-order valence-electron chi connectivity index (χ2n) is 4.07. The topological polar surface area (TPSA) is 43.8 Å². The molecule has 0 saturated heterocycles. The third kappa shape index (κ3) is 1.99. The summed E-state index contributed by atoms with van der Waals surface area (Å²) in [5.74, 6) is 1.11. The molecule has 0 saturated carbocycles. The van der Waals surface area contributed by atoms with E-state index in [0.717, 1.165) is 28.7 Å². The Morgan fingerprint density at radius 1 is 1.44 bits per heavy atom. The maximum absolute atomic E-state index is 5.53. The van der Waals surface area contributed by atoms with Gasteiger partial charge in [0.1, 0.15) is 5.82 Å². The quantitative estimate of drug-likeness (QED) is 0.940. The molecule has 0 spiro atoms. The fourth-order valence-electron chi connectivity index (χ4n) is 2.07. The second kappa shape index (κ2) is 4.55. The molecule has 0 aliphatic carbocycles. The lowest BCUT2D eigenvalue weighted by Crippen LogP contribution is -2.04. The molecule has 0 aliphatic heterocycles. The van der Waals surface area contributed by atoms with Gasteiger partial charge in [0.2, 0.25) is 0 Å². The minimum absolute atomic E-state index is 0.714. The number of hydrogen-bond acceptors (Lipinski definition) is 2. The van der Waals surface area contributed by atoms with Gasteiger partial charge in [-0.2, -0.15) is 0 Å². The Kier molecular flexibility index (Phi) is 3.30. The number of benzene rings is 1. The van der Waals surface area contributed by atoms with E-state index in [1.165, 1.54) is 11.1 Å². The van der Waals surface area contributed by atoms with E-state index >= 15 is 0 Å². The summed E-state index contributed by atoms with van der Waals surface area (Å²) in [7, 11) is 2.07. The first-order valence-electron chi connectivity index (χ1n) is 5.45. The molecule has 0 atom stereocenters. The van der Waals surface area contributed by atoms with Crippen molar-refractivity contribution in [3.63, 3.8) is 0 Å². The molecule has 0 aliphatic rings. The average molecular weight is 282 g/mol. The predicted octanol–water partition coefficient (Wildman–Crippen LogP) is 2.54. The van der Waals surface area contributed by atoms with Gasteiger partial charge in [-0.15, -0.1) is 0 Å². The Balaban J connectivity index is 2.54. The van der Waals surface area contributed by atoms with Crippen LogP contribution < -0.4 is 5.73 Å². The first kappa shape index (κ1) is 11.6. The maximum Gasteiger partial charge on any atom is 0.109 e. The molecule has 0 amide bonds. The number of halogens is 1. The van der Waals surface area contributed by atoms with Crippen molar-refractivity contribution < 1.29 is 0 Å². The van der Waals surface area contributed by atoms with E-state index in [1.807, 2.05) is 0 Å². The van der Waals surface area contributed by atoms with Gasteiger partial charge in [0.05, 0.1) is 11.0 Å². The van der Waals surface area contributed by atoms with Crippen LogP contribution in [0.3, 0.4) is 0 Å². The zero-order valence-corrected chi connectivity index (χ0v) is 11.2. The van der Waals surface area contributed by atoms with Crippen molar-refractivity contribution in [3.05, 3.63) is 28.0 Å². The summed E-state index contributed by atoms with van der Waals surface area (Å²) >= 11 is 3.50. The molecule has 0 radical (unpaired) electrons. The molecule has 2 rings (SSSR count). The second-order valence-corrected chi connectivity index (χ2v) is 4.99. The number of rotatable bonds is 3. The number of hydrogen-bond donors (Lipinski definition) is 1. The van der Waals surface area contributed by atoms with Crippen molar-refractivity contribution in [1.29, 1.82) is 0 Å². The van der Waals surface area contributed by atoms with Gasteiger partial charge in [-0.3, -0.25) is 0 Å². The van der Waals surface area contributed by atoms with Gasteiger partial charge in [-0.1, -0.05) is 15.9 Å². The van der Waals surface area contributed by atoms with Crippen molar-refractivity contribution in [3.8, 4) is 0 Å². The first-order valence-corrected chi connectivity index (χ1v) is 6.24. The highest BCUT2D eigenvalue weighted by Gasteiger charge is 2.10. The van der Waals surface area contributed by atoms with Crippen LogP contribution in [-0.4, -0.2) is 16.1 Å². The van der Waals surface area contributed by atoms with Gasteiger partial charge < -0.3 is 10.3 Å². The lowest BCUT2D eigenvalue weighted by molar-refractivity contribution is 0.740. The van der Waals surface area contributed by atoms with Crippen molar-refractivity contribution in [2.75, 3.05) is 6.54 Å². The lowest BCUT2D eigenvalue weighted by atomic mass is 10.2. The molecular formula is C12H16BrN3. The Labute approximate surface area is 104 Å². The highest BCUT2D eigenvalue weighted by molar-refractivity contribution is 9.10. The van der Waals surface area contributed by atoms with Crippen molar-refractivity contribution in [1.82, 2.24) is 9.55 Å². The van der Waals surface area contributed by atoms with E-state index in [4.69, 9.17) is 5.73 Å². The Bertz CT molecular complexity index is 516. The molecule has 2 aromatic rings. The van der Waals surface area contributed by atoms with E-state index in [2.05, 4.69) is 51.6 Å². The normalized spacial score (nSPS) is 11.2. The zero-order valence-electron chi connectivity index (χ0n) is 9.63. The minimum atomic E-state index is 0.714. The van der Waals surface area contributed by atoms with Gasteiger partial charge >= 0.3 is 0 Å². The van der Waals surface area contributed by atoms with Crippen LogP contribution in [0.2, 0.25) is 0 Å². The number of aryl methyl sites for hydroxylation is 3. The minimum Gasteiger partial charge on any atom is -0.331 e. The third-order valence-corrected chi connectivity index (χ3v) is 3.28. The monoisotopic (exact) mass is 281 g/mol. The van der Waals surface area contributed by atoms with Crippen LogP contribution in [0.1, 0.15) is 17.8 Å². The maximum atomic E-state index is 5.53. The Morgan fingerprint density at radius 3 is 2.88 bits per heavy atom. The Hall–Kier alpha value is -0.870. The summed E-state index contributed by atoms with van der Waals surface area (Å²) in [6, 6.07) is 4.19. The summed E-state index contributed by atoms with van der Waals surface area (Å²) in [5, 5.41) is 0. The standard InChI is InChI=1S/C12H16BrN3/c1-8-6-9(13)7-10-12(8)16(2)11(15-10)4-3-5-14/h6-7H,3-5,14H2,1-2H3. The van der Waals surface area contributed by atoms with Crippen LogP contribution in [0.15, 0.2) is 16.6 Å². The van der Waals surface area contributed by atoms with Crippen LogP contribution in [0, 0.1) is 6.92 Å². The Morgan fingerprint density at radius 2 is 2.19 bits per heavy atom. The van der Waals surface area contributed by atoms with Gasteiger partial charge in [0, 0.05) is 17.9 Å². The molecule has 4 heteroatoms. The molecule has 0 bridgehead atoms. The summed E-state index contributed by atoms with van der Waals surface area (Å²) < 4.78 is 3.26. The van der Waals surface area contributed by atoms with Crippen molar-refractivity contribution >= 4 is 27.0 Å². The van der Waals surface area contributed by atoms with Crippen molar-refractivity contribution in [2.45, 2.75) is 19.8 Å². The predicted molar refractivity (Wildman–Crippen MR) is 70.5 cm³/mol. The first-order chi connectivity index (χ1) is 7.63. The average Bonchev–Trinajstić information content (AvgIpc) is 2.52. The summed E-state index contributed by atoms with van der Waals surface area (Å²) in [6.45, 7) is 2.83. The van der Waals surface area contributed by atoms with E-state index < -0.39 is 0 Å². The van der Waals surface area contributed by atoms with E-state index in [1.54, 1.807) is 0 Å². The smallest absolute Gasteiger partial charge is 0.109 e. The molecule has 3 nitrogen and oxygen atoms in total. The number of imidazole rings is 1. The van der Waals surface area contributed by atoms with E-state index in [0.29, 0.717) is 6.54 Å². The molecular weight excluding hydrogens is 266 g/mol. The molecule has 2 N–H and O–H groups in total. The molecule has 16 heavy (non-hydrogen) atoms. The zero-order chi connectivity index (χ0) is 11.7. The largest absolute Gasteiger partial charge is 0.331 e. The van der Waals surface area contributed by atoms with Gasteiger partial charge in [-0.25, -0.2) is 4.98 Å². The number of fused-ring (bicyclic) bond motifs is 1. The van der Waals surface area contributed by atoms with Crippen LogP contribution in [0.25, 0.3) is 11.0 Å². The number of aromatic nitrogens is 2. The SMILES string of the molecule is Cc1cc(Br)cc2nc(CCCN)n(C)c12. The molecule has 1 heterocycles. The van der Waals surface area contributed by atoms with Crippen LogP contribution in [-0.2, 0) is 13.5 Å². The highest BCUT2D eigenvalue weighted by atomic mass is 79.9. The fourth-order valence-corrected chi connectivity index (χ4v) is 2.63. The van der Waals surface area contributed by atoms with Gasteiger partial charge in [0.15, 0.2) is 0 Å². The molecule has 0 fully saturated rings. The highest BCUT2D eigenvalue weighted by Crippen LogP contribution is 2.24.